The van der Waals surface area contributed by atoms with Crippen LogP contribution in [0.3, 0.4) is 0 Å². The first-order valence-electron chi connectivity index (χ1n) is 9.25. The second kappa shape index (κ2) is 8.49. The van der Waals surface area contributed by atoms with Gasteiger partial charge in [-0.1, -0.05) is 42.8 Å². The molecule has 1 atom stereocenters. The molecule has 1 aliphatic heterocycles. The van der Waals surface area contributed by atoms with Gasteiger partial charge in [0.05, 0.1) is 16.8 Å². The summed E-state index contributed by atoms with van der Waals surface area (Å²) in [6.45, 7) is 5.73. The Labute approximate surface area is 174 Å². The topological polar surface area (TPSA) is 75.7 Å². The number of amides is 4. The van der Waals surface area contributed by atoms with Gasteiger partial charge in [0.1, 0.15) is 11.3 Å². The molecule has 0 aliphatic carbocycles. The van der Waals surface area contributed by atoms with Crippen molar-refractivity contribution in [3.05, 3.63) is 64.2 Å². The molecule has 1 unspecified atom stereocenters. The van der Waals surface area contributed by atoms with Crippen molar-refractivity contribution >= 4 is 41.2 Å². The number of carbonyl (C=O) groups is 3. The lowest BCUT2D eigenvalue weighted by Crippen LogP contribution is -2.54. The van der Waals surface area contributed by atoms with E-state index in [-0.39, 0.29) is 11.7 Å². The summed E-state index contributed by atoms with van der Waals surface area (Å²) < 4.78 is 5.73. The molecule has 0 bridgehead atoms. The number of hydrogen-bond donors (Lipinski definition) is 1. The van der Waals surface area contributed by atoms with Crippen molar-refractivity contribution in [1.82, 2.24) is 5.32 Å². The molecule has 1 fully saturated rings. The number of imide groups is 2. The van der Waals surface area contributed by atoms with Gasteiger partial charge in [0.25, 0.3) is 11.8 Å². The normalized spacial score (nSPS) is 16.8. The summed E-state index contributed by atoms with van der Waals surface area (Å²) in [5.41, 5.74) is 1.55. The van der Waals surface area contributed by atoms with Crippen LogP contribution >= 0.6 is 11.6 Å². The van der Waals surface area contributed by atoms with E-state index >= 15 is 0 Å². The summed E-state index contributed by atoms with van der Waals surface area (Å²) in [7, 11) is 0. The van der Waals surface area contributed by atoms with Gasteiger partial charge in [-0.05, 0) is 55.7 Å². The summed E-state index contributed by atoms with van der Waals surface area (Å²) in [6, 6.07) is 11.2. The van der Waals surface area contributed by atoms with Gasteiger partial charge in [-0.2, -0.15) is 0 Å². The predicted molar refractivity (Wildman–Crippen MR) is 112 cm³/mol. The summed E-state index contributed by atoms with van der Waals surface area (Å²) in [5.74, 6) is -0.913. The monoisotopic (exact) mass is 412 g/mol. The third kappa shape index (κ3) is 4.32. The Balaban J connectivity index is 1.95. The van der Waals surface area contributed by atoms with E-state index in [0.717, 1.165) is 16.9 Å². The molecule has 3 rings (SSSR count). The van der Waals surface area contributed by atoms with E-state index in [2.05, 4.69) is 5.32 Å². The Hall–Kier alpha value is -3.12. The van der Waals surface area contributed by atoms with E-state index in [9.17, 15) is 14.4 Å². The summed E-state index contributed by atoms with van der Waals surface area (Å²) >= 11 is 6.29. The number of nitrogens with one attached hydrogen (secondary N) is 1. The molecule has 6 nitrogen and oxygen atoms in total. The lowest BCUT2D eigenvalue weighted by Gasteiger charge is -2.27. The van der Waals surface area contributed by atoms with Gasteiger partial charge in [-0.3, -0.25) is 14.9 Å². The fraction of sp³-hybridized carbons (Fsp3) is 0.227. The fourth-order valence-electron chi connectivity index (χ4n) is 2.86. The summed E-state index contributed by atoms with van der Waals surface area (Å²) in [6.07, 6.45) is 2.25. The van der Waals surface area contributed by atoms with Crippen molar-refractivity contribution in [2.45, 2.75) is 33.3 Å². The number of hydrogen-bond acceptors (Lipinski definition) is 4. The van der Waals surface area contributed by atoms with Crippen LogP contribution in [0.4, 0.5) is 10.5 Å². The van der Waals surface area contributed by atoms with Crippen molar-refractivity contribution in [3.8, 4) is 5.75 Å². The Morgan fingerprint density at radius 1 is 1.17 bits per heavy atom. The van der Waals surface area contributed by atoms with E-state index < -0.39 is 17.8 Å². The number of aryl methyl sites for hydroxylation is 1. The lowest BCUT2D eigenvalue weighted by atomic mass is 10.1. The molecule has 0 aromatic heterocycles. The maximum absolute atomic E-state index is 13.0. The molecule has 7 heteroatoms. The minimum absolute atomic E-state index is 0.0103. The first-order valence-corrected chi connectivity index (χ1v) is 9.63. The number of ether oxygens (including phenoxy) is 1. The molecule has 1 aliphatic rings. The molecule has 0 radical (unpaired) electrons. The highest BCUT2D eigenvalue weighted by Crippen LogP contribution is 2.29. The van der Waals surface area contributed by atoms with Crippen LogP contribution in [0.1, 0.15) is 31.4 Å². The maximum Gasteiger partial charge on any atom is 0.335 e. The fourth-order valence-corrected chi connectivity index (χ4v) is 3.09. The average Bonchev–Trinajstić information content (AvgIpc) is 2.68. The molecule has 4 amide bonds. The largest absolute Gasteiger partial charge is 0.489 e. The molecular formula is C22H21ClN2O4. The molecule has 1 N–H and O–H groups in total. The molecule has 29 heavy (non-hydrogen) atoms. The van der Waals surface area contributed by atoms with Crippen molar-refractivity contribution in [1.29, 1.82) is 0 Å². The minimum atomic E-state index is -0.776. The van der Waals surface area contributed by atoms with E-state index in [0.29, 0.717) is 22.0 Å². The van der Waals surface area contributed by atoms with Crippen molar-refractivity contribution < 1.29 is 19.1 Å². The van der Waals surface area contributed by atoms with Crippen LogP contribution < -0.4 is 15.0 Å². The van der Waals surface area contributed by atoms with Gasteiger partial charge in [0.2, 0.25) is 0 Å². The SMILES string of the molecule is CCC(C)Oc1ccc(/C=C2\C(=O)NC(=O)N(c3ccccc3C)C2=O)cc1Cl. The van der Waals surface area contributed by atoms with Gasteiger partial charge < -0.3 is 4.74 Å². The zero-order chi connectivity index (χ0) is 21.1. The van der Waals surface area contributed by atoms with E-state index in [4.69, 9.17) is 16.3 Å². The highest BCUT2D eigenvalue weighted by molar-refractivity contribution is 6.39. The van der Waals surface area contributed by atoms with Crippen LogP contribution in [0.25, 0.3) is 6.08 Å². The van der Waals surface area contributed by atoms with Crippen LogP contribution in [0.15, 0.2) is 48.0 Å². The zero-order valence-electron chi connectivity index (χ0n) is 16.4. The number of urea groups is 1. The third-order valence-electron chi connectivity index (χ3n) is 4.63. The number of nitrogens with zero attached hydrogens (tertiary/aromatic N) is 1. The summed E-state index contributed by atoms with van der Waals surface area (Å²) in [5, 5.41) is 2.59. The minimum Gasteiger partial charge on any atom is -0.489 e. The number of benzene rings is 2. The number of para-hydroxylation sites is 1. The quantitative estimate of drug-likeness (QED) is 0.579. The van der Waals surface area contributed by atoms with Crippen LogP contribution in [-0.2, 0) is 9.59 Å². The van der Waals surface area contributed by atoms with Crippen molar-refractivity contribution in [2.75, 3.05) is 4.90 Å². The van der Waals surface area contributed by atoms with E-state index in [1.807, 2.05) is 13.8 Å². The molecule has 1 heterocycles. The smallest absolute Gasteiger partial charge is 0.335 e. The number of halogens is 1. The number of anilines is 1. The van der Waals surface area contributed by atoms with Gasteiger partial charge in [0.15, 0.2) is 0 Å². The Morgan fingerprint density at radius 2 is 1.90 bits per heavy atom. The molecule has 1 saturated heterocycles. The van der Waals surface area contributed by atoms with Gasteiger partial charge >= 0.3 is 6.03 Å². The first kappa shape index (κ1) is 20.6. The standard InChI is InChI=1S/C22H21ClN2O4/c1-4-14(3)29-19-10-9-15(12-17(19)23)11-16-20(26)24-22(28)25(21(16)27)18-8-6-5-7-13(18)2/h5-12,14H,4H2,1-3H3,(H,24,26,28)/b16-11+. The Morgan fingerprint density at radius 3 is 2.55 bits per heavy atom. The summed E-state index contributed by atoms with van der Waals surface area (Å²) in [4.78, 5) is 38.5. The van der Waals surface area contributed by atoms with Crippen LogP contribution in [0.2, 0.25) is 5.02 Å². The molecular weight excluding hydrogens is 392 g/mol. The molecule has 0 saturated carbocycles. The number of barbiturate groups is 1. The third-order valence-corrected chi connectivity index (χ3v) is 4.92. The van der Waals surface area contributed by atoms with Crippen LogP contribution in [-0.4, -0.2) is 23.9 Å². The zero-order valence-corrected chi connectivity index (χ0v) is 17.1. The molecule has 2 aromatic rings. The van der Waals surface area contributed by atoms with Crippen LogP contribution in [0.5, 0.6) is 5.75 Å². The predicted octanol–water partition coefficient (Wildman–Crippen LogP) is 4.49. The Bertz CT molecular complexity index is 1020. The number of carbonyl (C=O) groups excluding carboxylic acids is 3. The highest BCUT2D eigenvalue weighted by atomic mass is 35.5. The lowest BCUT2D eigenvalue weighted by molar-refractivity contribution is -0.122. The van der Waals surface area contributed by atoms with Gasteiger partial charge in [-0.25, -0.2) is 9.69 Å². The molecule has 150 valence electrons. The van der Waals surface area contributed by atoms with Gasteiger partial charge in [0, 0.05) is 0 Å². The first-order chi connectivity index (χ1) is 13.8. The van der Waals surface area contributed by atoms with Crippen molar-refractivity contribution in [3.63, 3.8) is 0 Å². The second-order valence-corrected chi connectivity index (χ2v) is 7.18. The van der Waals surface area contributed by atoms with E-state index in [1.54, 1.807) is 49.4 Å². The second-order valence-electron chi connectivity index (χ2n) is 6.77. The van der Waals surface area contributed by atoms with Gasteiger partial charge in [-0.15, -0.1) is 0 Å². The molecule has 2 aromatic carbocycles. The highest BCUT2D eigenvalue weighted by Gasteiger charge is 2.37. The van der Waals surface area contributed by atoms with E-state index in [1.165, 1.54) is 6.08 Å². The maximum atomic E-state index is 13.0. The van der Waals surface area contributed by atoms with Crippen LogP contribution in [0, 0.1) is 6.92 Å². The Kier molecular flexibility index (Phi) is 6.03. The number of rotatable bonds is 5. The molecule has 0 spiro atoms. The van der Waals surface area contributed by atoms with Crippen molar-refractivity contribution in [2.24, 2.45) is 0 Å². The average molecular weight is 413 g/mol.